The van der Waals surface area contributed by atoms with Gasteiger partial charge >= 0.3 is 6.03 Å². The summed E-state index contributed by atoms with van der Waals surface area (Å²) in [5.41, 5.74) is 0.379. The van der Waals surface area contributed by atoms with E-state index in [0.29, 0.717) is 13.0 Å². The number of aryl methyl sites for hydroxylation is 2. The first-order valence-electron chi connectivity index (χ1n) is 7.62. The minimum Gasteiger partial charge on any atom is -0.335 e. The smallest absolute Gasteiger partial charge is 0.322 e. The molecule has 3 aliphatic rings. The van der Waals surface area contributed by atoms with Crippen molar-refractivity contribution in [3.05, 3.63) is 21.4 Å². The molecule has 116 valence electrons. The van der Waals surface area contributed by atoms with Gasteiger partial charge in [0.1, 0.15) is 5.54 Å². The number of nitrogens with zero attached hydrogens (tertiary/aromatic N) is 1. The molecule has 0 unspecified atom stereocenters. The van der Waals surface area contributed by atoms with E-state index in [4.69, 9.17) is 0 Å². The minimum absolute atomic E-state index is 0.0229. The Balaban J connectivity index is 1.53. The first kappa shape index (κ1) is 13.8. The lowest BCUT2D eigenvalue weighted by atomic mass is 9.99. The fourth-order valence-corrected chi connectivity index (χ4v) is 4.77. The molecule has 2 N–H and O–H groups in total. The molecule has 1 aromatic rings. The van der Waals surface area contributed by atoms with Gasteiger partial charge in [0.2, 0.25) is 0 Å². The zero-order valence-corrected chi connectivity index (χ0v) is 12.9. The molecule has 3 heterocycles. The number of hydrogen-bond donors (Lipinski definition) is 2. The maximum absolute atomic E-state index is 12.7. The summed E-state index contributed by atoms with van der Waals surface area (Å²) in [5, 5.41) is 4.94. The number of nitrogens with one attached hydrogen (secondary N) is 2. The molecule has 0 aromatic carbocycles. The molecule has 4 rings (SSSR count). The molecule has 0 bridgehead atoms. The van der Waals surface area contributed by atoms with Crippen LogP contribution in [0.3, 0.4) is 0 Å². The van der Waals surface area contributed by atoms with Crippen molar-refractivity contribution in [1.82, 2.24) is 15.5 Å². The van der Waals surface area contributed by atoms with E-state index < -0.39 is 11.6 Å². The van der Waals surface area contributed by atoms with Crippen molar-refractivity contribution in [1.29, 1.82) is 0 Å². The van der Waals surface area contributed by atoms with Gasteiger partial charge in [-0.1, -0.05) is 0 Å². The maximum atomic E-state index is 12.7. The lowest BCUT2D eigenvalue weighted by molar-refractivity contribution is -0.123. The van der Waals surface area contributed by atoms with Crippen LogP contribution in [0.15, 0.2) is 6.07 Å². The van der Waals surface area contributed by atoms with Gasteiger partial charge in [-0.15, -0.1) is 11.3 Å². The van der Waals surface area contributed by atoms with Gasteiger partial charge in [-0.25, -0.2) is 4.79 Å². The van der Waals surface area contributed by atoms with Crippen LogP contribution in [-0.4, -0.2) is 41.4 Å². The fraction of sp³-hybridized carbons (Fsp3) is 0.533. The van der Waals surface area contributed by atoms with E-state index in [0.717, 1.165) is 17.7 Å². The van der Waals surface area contributed by atoms with E-state index in [-0.39, 0.29) is 18.4 Å². The summed E-state index contributed by atoms with van der Waals surface area (Å²) in [4.78, 5) is 39.7. The van der Waals surface area contributed by atoms with Crippen LogP contribution in [-0.2, 0) is 17.6 Å². The van der Waals surface area contributed by atoms with Gasteiger partial charge in [0.25, 0.3) is 11.8 Å². The SMILES string of the molecule is O=C1NC(=O)[C@@]2(CCN(C(=O)c3cc4c(s3)CCCC4)C2)N1. The Morgan fingerprint density at radius 1 is 1.27 bits per heavy atom. The van der Waals surface area contributed by atoms with E-state index in [1.54, 1.807) is 16.2 Å². The highest BCUT2D eigenvalue weighted by molar-refractivity contribution is 7.14. The average molecular weight is 319 g/mol. The first-order valence-corrected chi connectivity index (χ1v) is 8.43. The maximum Gasteiger partial charge on any atom is 0.322 e. The molecule has 1 spiro atoms. The quantitative estimate of drug-likeness (QED) is 0.760. The fourth-order valence-electron chi connectivity index (χ4n) is 3.55. The molecule has 1 aromatic heterocycles. The van der Waals surface area contributed by atoms with Crippen LogP contribution in [0.5, 0.6) is 0 Å². The lowest BCUT2D eigenvalue weighted by Gasteiger charge is -2.20. The number of carbonyl (C=O) groups excluding carboxylic acids is 3. The summed E-state index contributed by atoms with van der Waals surface area (Å²) >= 11 is 1.58. The van der Waals surface area contributed by atoms with E-state index in [1.807, 2.05) is 6.07 Å². The van der Waals surface area contributed by atoms with Crippen LogP contribution in [0.4, 0.5) is 4.79 Å². The number of thiophene rings is 1. The van der Waals surface area contributed by atoms with E-state index in [9.17, 15) is 14.4 Å². The van der Waals surface area contributed by atoms with Gasteiger partial charge in [0, 0.05) is 11.4 Å². The average Bonchev–Trinajstić information content (AvgIpc) is 3.16. The Hall–Kier alpha value is -1.89. The van der Waals surface area contributed by atoms with Crippen molar-refractivity contribution in [3.8, 4) is 0 Å². The zero-order chi connectivity index (χ0) is 15.3. The second kappa shape index (κ2) is 4.81. The molecule has 6 nitrogen and oxygen atoms in total. The largest absolute Gasteiger partial charge is 0.335 e. The number of imide groups is 1. The number of fused-ring (bicyclic) bond motifs is 1. The molecule has 1 aliphatic carbocycles. The highest BCUT2D eigenvalue weighted by Gasteiger charge is 2.51. The van der Waals surface area contributed by atoms with E-state index >= 15 is 0 Å². The molecular weight excluding hydrogens is 302 g/mol. The normalized spacial score (nSPS) is 27.0. The lowest BCUT2D eigenvalue weighted by Crippen LogP contribution is -2.49. The number of rotatable bonds is 1. The Kier molecular flexibility index (Phi) is 3.00. The molecule has 1 atom stereocenters. The van der Waals surface area contributed by atoms with Crippen molar-refractivity contribution in [2.45, 2.75) is 37.6 Å². The minimum atomic E-state index is -0.927. The molecule has 2 fully saturated rings. The summed E-state index contributed by atoms with van der Waals surface area (Å²) in [5.74, 6) is -0.344. The van der Waals surface area contributed by atoms with Crippen LogP contribution in [0.2, 0.25) is 0 Å². The summed E-state index contributed by atoms with van der Waals surface area (Å²) < 4.78 is 0. The zero-order valence-electron chi connectivity index (χ0n) is 12.1. The molecule has 22 heavy (non-hydrogen) atoms. The van der Waals surface area contributed by atoms with Crippen molar-refractivity contribution in [2.75, 3.05) is 13.1 Å². The Bertz CT molecular complexity index is 660. The van der Waals surface area contributed by atoms with Gasteiger partial charge in [-0.3, -0.25) is 14.9 Å². The van der Waals surface area contributed by atoms with Crippen molar-refractivity contribution < 1.29 is 14.4 Å². The topological polar surface area (TPSA) is 78.5 Å². The predicted octanol–water partition coefficient (Wildman–Crippen LogP) is 1.05. The summed E-state index contributed by atoms with van der Waals surface area (Å²) in [7, 11) is 0. The summed E-state index contributed by atoms with van der Waals surface area (Å²) in [6, 6.07) is 1.55. The molecule has 2 saturated heterocycles. The van der Waals surface area contributed by atoms with E-state index in [2.05, 4.69) is 10.6 Å². The van der Waals surface area contributed by atoms with Crippen molar-refractivity contribution in [3.63, 3.8) is 0 Å². The van der Waals surface area contributed by atoms with Crippen molar-refractivity contribution in [2.24, 2.45) is 0 Å². The van der Waals surface area contributed by atoms with Gasteiger partial charge < -0.3 is 10.2 Å². The molecule has 0 radical (unpaired) electrons. The number of urea groups is 1. The second-order valence-corrected chi connectivity index (χ2v) is 7.37. The number of hydrogen-bond acceptors (Lipinski definition) is 4. The van der Waals surface area contributed by atoms with Gasteiger partial charge in [-0.2, -0.15) is 0 Å². The Labute approximate surface area is 131 Å². The molecule has 2 aliphatic heterocycles. The molecule has 4 amide bonds. The second-order valence-electron chi connectivity index (χ2n) is 6.23. The standard InChI is InChI=1S/C15H17N3O3S/c19-12(11-7-9-3-1-2-4-10(9)22-11)18-6-5-15(8-18)13(20)16-14(21)17-15/h7H,1-6,8H2,(H2,16,17,20,21)/t15-/m0/s1. The molecule has 7 heteroatoms. The number of likely N-dealkylation sites (tertiary alicyclic amines) is 1. The third-order valence-electron chi connectivity index (χ3n) is 4.78. The van der Waals surface area contributed by atoms with Gasteiger partial charge in [0.15, 0.2) is 0 Å². The van der Waals surface area contributed by atoms with Gasteiger partial charge in [0.05, 0.1) is 11.4 Å². The van der Waals surface area contributed by atoms with Crippen LogP contribution >= 0.6 is 11.3 Å². The Morgan fingerprint density at radius 2 is 2.09 bits per heavy atom. The summed E-state index contributed by atoms with van der Waals surface area (Å²) in [6.45, 7) is 0.751. The van der Waals surface area contributed by atoms with Crippen molar-refractivity contribution >= 4 is 29.2 Å². The highest BCUT2D eigenvalue weighted by Crippen LogP contribution is 2.32. The van der Waals surface area contributed by atoms with Gasteiger partial charge in [-0.05, 0) is 43.7 Å². The summed E-state index contributed by atoms with van der Waals surface area (Å²) in [6.07, 6.45) is 4.98. The monoisotopic (exact) mass is 319 g/mol. The highest BCUT2D eigenvalue weighted by atomic mass is 32.1. The van der Waals surface area contributed by atoms with Crippen LogP contribution < -0.4 is 10.6 Å². The van der Waals surface area contributed by atoms with E-state index in [1.165, 1.54) is 23.3 Å². The first-order chi connectivity index (χ1) is 10.6. The van der Waals surface area contributed by atoms with Crippen LogP contribution in [0.25, 0.3) is 0 Å². The molecule has 0 saturated carbocycles. The Morgan fingerprint density at radius 3 is 2.82 bits per heavy atom. The number of amides is 4. The molecular formula is C15H17N3O3S. The predicted molar refractivity (Wildman–Crippen MR) is 80.9 cm³/mol. The number of carbonyl (C=O) groups is 3. The third kappa shape index (κ3) is 2.03. The third-order valence-corrected chi connectivity index (χ3v) is 6.00. The van der Waals surface area contributed by atoms with Crippen LogP contribution in [0, 0.1) is 0 Å². The van der Waals surface area contributed by atoms with Crippen LogP contribution in [0.1, 0.15) is 39.4 Å².